The number of urea groups is 1. The Morgan fingerprint density at radius 3 is 2.50 bits per heavy atom. The molecule has 1 aromatic heterocycles. The van der Waals surface area contributed by atoms with Crippen molar-refractivity contribution >= 4 is 24.0 Å². The summed E-state index contributed by atoms with van der Waals surface area (Å²) in [6.07, 6.45) is 1.59. The van der Waals surface area contributed by atoms with E-state index in [1.54, 1.807) is 6.08 Å². The third kappa shape index (κ3) is 2.74. The molecule has 118 valence electrons. The molecule has 1 saturated heterocycles. The number of rotatable bonds is 4. The second-order valence-corrected chi connectivity index (χ2v) is 5.56. The van der Waals surface area contributed by atoms with Gasteiger partial charge in [-0.1, -0.05) is 0 Å². The summed E-state index contributed by atoms with van der Waals surface area (Å²) in [5.41, 5.74) is 2.96. The zero-order valence-corrected chi connectivity index (χ0v) is 13.0. The molecule has 0 atom stereocenters. The number of carbonyl (C=O) groups is 3. The molecule has 22 heavy (non-hydrogen) atoms. The lowest BCUT2D eigenvalue weighted by Crippen LogP contribution is -2.35. The van der Waals surface area contributed by atoms with Crippen molar-refractivity contribution < 1.29 is 19.5 Å². The molecule has 1 aliphatic heterocycles. The molecule has 0 unspecified atom stereocenters. The number of hydrogen-bond donors (Lipinski definition) is 2. The minimum Gasteiger partial charge on any atom is -0.480 e. The maximum Gasteiger partial charge on any atom is 0.329 e. The average molecular weight is 305 g/mol. The minimum absolute atomic E-state index is 0.0928. The molecule has 0 spiro atoms. The van der Waals surface area contributed by atoms with E-state index >= 15 is 0 Å². The number of nitrogens with zero attached hydrogens (tertiary/aromatic N) is 2. The SMILES string of the molecule is Cc1cc(/C=C2/NC(=O)N(CC(=O)O)C2=O)c(C)n1C(C)C. The Hall–Kier alpha value is -2.57. The number of aliphatic carboxylic acids is 1. The zero-order valence-electron chi connectivity index (χ0n) is 13.0. The third-order valence-corrected chi connectivity index (χ3v) is 3.60. The van der Waals surface area contributed by atoms with Gasteiger partial charge in [-0.25, -0.2) is 9.69 Å². The molecule has 0 radical (unpaired) electrons. The van der Waals surface area contributed by atoms with E-state index in [2.05, 4.69) is 23.7 Å². The number of carbonyl (C=O) groups excluding carboxylic acids is 2. The highest BCUT2D eigenvalue weighted by molar-refractivity contribution is 6.15. The van der Waals surface area contributed by atoms with Gasteiger partial charge in [0.2, 0.25) is 0 Å². The topological polar surface area (TPSA) is 91.6 Å². The van der Waals surface area contributed by atoms with E-state index in [1.165, 1.54) is 0 Å². The van der Waals surface area contributed by atoms with Gasteiger partial charge in [-0.2, -0.15) is 0 Å². The Labute approximate surface area is 128 Å². The summed E-state index contributed by atoms with van der Waals surface area (Å²) in [6, 6.07) is 1.50. The Morgan fingerprint density at radius 2 is 2.00 bits per heavy atom. The Kier molecular flexibility index (Phi) is 4.07. The molecular formula is C15H19N3O4. The molecule has 1 aromatic rings. The van der Waals surface area contributed by atoms with Gasteiger partial charge in [0.05, 0.1) is 0 Å². The van der Waals surface area contributed by atoms with Crippen LogP contribution in [0.5, 0.6) is 0 Å². The first-order valence-corrected chi connectivity index (χ1v) is 6.97. The predicted molar refractivity (Wildman–Crippen MR) is 80.1 cm³/mol. The van der Waals surface area contributed by atoms with Crippen molar-refractivity contribution in [2.45, 2.75) is 33.7 Å². The number of amides is 3. The van der Waals surface area contributed by atoms with Crippen LogP contribution in [0.15, 0.2) is 11.8 Å². The van der Waals surface area contributed by atoms with Gasteiger partial charge >= 0.3 is 12.0 Å². The molecule has 0 bridgehead atoms. The van der Waals surface area contributed by atoms with Crippen LogP contribution >= 0.6 is 0 Å². The van der Waals surface area contributed by atoms with Crippen molar-refractivity contribution in [2.24, 2.45) is 0 Å². The van der Waals surface area contributed by atoms with Gasteiger partial charge in [0.15, 0.2) is 0 Å². The number of aryl methyl sites for hydroxylation is 1. The van der Waals surface area contributed by atoms with E-state index in [0.29, 0.717) is 4.90 Å². The van der Waals surface area contributed by atoms with Crippen molar-refractivity contribution in [3.8, 4) is 0 Å². The molecule has 0 aliphatic carbocycles. The third-order valence-electron chi connectivity index (χ3n) is 3.60. The summed E-state index contributed by atoms with van der Waals surface area (Å²) < 4.78 is 2.13. The predicted octanol–water partition coefficient (Wildman–Crippen LogP) is 1.66. The summed E-state index contributed by atoms with van der Waals surface area (Å²) in [5, 5.41) is 11.2. The van der Waals surface area contributed by atoms with Crippen molar-refractivity contribution in [2.75, 3.05) is 6.54 Å². The van der Waals surface area contributed by atoms with Crippen molar-refractivity contribution in [1.82, 2.24) is 14.8 Å². The molecule has 2 heterocycles. The molecule has 7 nitrogen and oxygen atoms in total. The van der Waals surface area contributed by atoms with Gasteiger partial charge in [-0.15, -0.1) is 0 Å². The number of hydrogen-bond acceptors (Lipinski definition) is 3. The van der Waals surface area contributed by atoms with E-state index in [1.807, 2.05) is 19.9 Å². The fourth-order valence-electron chi connectivity index (χ4n) is 2.75. The van der Waals surface area contributed by atoms with E-state index in [9.17, 15) is 14.4 Å². The Bertz CT molecular complexity index is 685. The quantitative estimate of drug-likeness (QED) is 0.654. The molecule has 7 heteroatoms. The van der Waals surface area contributed by atoms with Crippen LogP contribution in [0.2, 0.25) is 0 Å². The fraction of sp³-hybridized carbons (Fsp3) is 0.400. The number of imide groups is 1. The van der Waals surface area contributed by atoms with Crippen molar-refractivity contribution in [3.63, 3.8) is 0 Å². The van der Waals surface area contributed by atoms with Gasteiger partial charge in [-0.05, 0) is 45.4 Å². The fourth-order valence-corrected chi connectivity index (χ4v) is 2.75. The molecule has 0 aromatic carbocycles. The Morgan fingerprint density at radius 1 is 1.36 bits per heavy atom. The lowest BCUT2D eigenvalue weighted by atomic mass is 10.2. The van der Waals surface area contributed by atoms with Crippen LogP contribution in [0, 0.1) is 13.8 Å². The van der Waals surface area contributed by atoms with E-state index in [4.69, 9.17) is 5.11 Å². The Balaban J connectivity index is 2.35. The lowest BCUT2D eigenvalue weighted by Gasteiger charge is -2.13. The molecule has 1 fully saturated rings. The van der Waals surface area contributed by atoms with Gasteiger partial charge in [-0.3, -0.25) is 9.59 Å². The molecule has 1 aliphatic rings. The summed E-state index contributed by atoms with van der Waals surface area (Å²) in [4.78, 5) is 35.1. The average Bonchev–Trinajstić information content (AvgIpc) is 2.81. The standard InChI is InChI=1S/C15H19N3O4/c1-8(2)18-9(3)5-11(10(18)4)6-12-14(21)17(7-13(19)20)15(22)16-12/h5-6,8H,7H2,1-4H3,(H,16,22)(H,19,20)/b12-6+. The highest BCUT2D eigenvalue weighted by Crippen LogP contribution is 2.23. The van der Waals surface area contributed by atoms with Crippen molar-refractivity contribution in [3.05, 3.63) is 28.7 Å². The number of carboxylic acid groups (broad SMARTS) is 1. The van der Waals surface area contributed by atoms with Crippen LogP contribution in [0.4, 0.5) is 4.79 Å². The maximum absolute atomic E-state index is 12.1. The second-order valence-electron chi connectivity index (χ2n) is 5.56. The summed E-state index contributed by atoms with van der Waals surface area (Å²) in [6.45, 7) is 7.39. The number of carboxylic acids is 1. The first-order valence-electron chi connectivity index (χ1n) is 6.97. The van der Waals surface area contributed by atoms with E-state index < -0.39 is 24.5 Å². The smallest absolute Gasteiger partial charge is 0.329 e. The maximum atomic E-state index is 12.1. The molecule has 2 rings (SSSR count). The number of aromatic nitrogens is 1. The van der Waals surface area contributed by atoms with Crippen LogP contribution in [0.25, 0.3) is 6.08 Å². The summed E-state index contributed by atoms with van der Waals surface area (Å²) in [5.74, 6) is -1.86. The minimum atomic E-state index is -1.23. The first-order chi connectivity index (χ1) is 10.2. The first kappa shape index (κ1) is 15.8. The summed E-state index contributed by atoms with van der Waals surface area (Å²) in [7, 11) is 0. The molecule has 0 saturated carbocycles. The van der Waals surface area contributed by atoms with Crippen molar-refractivity contribution in [1.29, 1.82) is 0 Å². The second kappa shape index (κ2) is 5.67. The highest BCUT2D eigenvalue weighted by atomic mass is 16.4. The van der Waals surface area contributed by atoms with Gasteiger partial charge in [0.1, 0.15) is 12.2 Å². The van der Waals surface area contributed by atoms with E-state index in [0.717, 1.165) is 17.0 Å². The van der Waals surface area contributed by atoms with Gasteiger partial charge in [0, 0.05) is 17.4 Å². The van der Waals surface area contributed by atoms with Gasteiger partial charge < -0.3 is 15.0 Å². The molecular weight excluding hydrogens is 286 g/mol. The van der Waals surface area contributed by atoms with Crippen LogP contribution in [-0.4, -0.2) is 39.0 Å². The van der Waals surface area contributed by atoms with Crippen LogP contribution in [0.1, 0.15) is 36.8 Å². The van der Waals surface area contributed by atoms with Gasteiger partial charge in [0.25, 0.3) is 5.91 Å². The monoisotopic (exact) mass is 305 g/mol. The highest BCUT2D eigenvalue weighted by Gasteiger charge is 2.35. The zero-order chi connectivity index (χ0) is 16.6. The van der Waals surface area contributed by atoms with E-state index in [-0.39, 0.29) is 11.7 Å². The molecule has 3 amide bonds. The van der Waals surface area contributed by atoms with Crippen LogP contribution in [-0.2, 0) is 9.59 Å². The molecule has 2 N–H and O–H groups in total. The number of nitrogens with one attached hydrogen (secondary N) is 1. The largest absolute Gasteiger partial charge is 0.480 e. The summed E-state index contributed by atoms with van der Waals surface area (Å²) >= 11 is 0. The van der Waals surface area contributed by atoms with Crippen LogP contribution < -0.4 is 5.32 Å². The lowest BCUT2D eigenvalue weighted by molar-refractivity contribution is -0.140. The van der Waals surface area contributed by atoms with Crippen LogP contribution in [0.3, 0.4) is 0 Å². The normalized spacial score (nSPS) is 16.8.